The van der Waals surface area contributed by atoms with Crippen molar-refractivity contribution >= 4 is 17.2 Å². The van der Waals surface area contributed by atoms with Gasteiger partial charge in [0.15, 0.2) is 0 Å². The highest BCUT2D eigenvalue weighted by Crippen LogP contribution is 2.14. The number of morpholine rings is 1. The number of hydrogen-bond donors (Lipinski definition) is 1. The predicted octanol–water partition coefficient (Wildman–Crippen LogP) is 0.700. The van der Waals surface area contributed by atoms with E-state index in [1.807, 2.05) is 0 Å². The molecule has 1 N–H and O–H groups in total. The van der Waals surface area contributed by atoms with Gasteiger partial charge in [0.1, 0.15) is 5.69 Å². The fraction of sp³-hybridized carbons (Fsp3) is 0.429. The average molecular weight is 320 g/mol. The number of nitrogens with one attached hydrogen (secondary N) is 1. The molecule has 0 bridgehead atoms. The van der Waals surface area contributed by atoms with Gasteiger partial charge in [0, 0.05) is 30.2 Å². The Kier molecular flexibility index (Phi) is 4.59. The van der Waals surface area contributed by atoms with E-state index in [1.165, 1.54) is 23.7 Å². The second kappa shape index (κ2) is 6.80. The summed E-state index contributed by atoms with van der Waals surface area (Å²) in [5.74, 6) is -0.0520. The Morgan fingerprint density at radius 3 is 3.18 bits per heavy atom. The number of amides is 1. The fourth-order valence-corrected chi connectivity index (χ4v) is 2.94. The van der Waals surface area contributed by atoms with Gasteiger partial charge in [-0.3, -0.25) is 9.59 Å². The van der Waals surface area contributed by atoms with Gasteiger partial charge >= 0.3 is 0 Å². The molecule has 0 saturated carbocycles. The first-order valence-corrected chi connectivity index (χ1v) is 7.99. The molecule has 3 heterocycles. The fourth-order valence-electron chi connectivity index (χ4n) is 2.41. The summed E-state index contributed by atoms with van der Waals surface area (Å²) in [6, 6.07) is 1.49. The van der Waals surface area contributed by atoms with Gasteiger partial charge in [-0.15, -0.1) is 11.3 Å². The maximum atomic E-state index is 12.3. The molecule has 1 amide bonds. The van der Waals surface area contributed by atoms with Gasteiger partial charge in [-0.05, 0) is 12.8 Å². The molecule has 1 aliphatic rings. The van der Waals surface area contributed by atoms with Crippen LogP contribution >= 0.6 is 11.3 Å². The molecule has 1 fully saturated rings. The Morgan fingerprint density at radius 2 is 2.41 bits per heavy atom. The zero-order valence-corrected chi connectivity index (χ0v) is 12.7. The minimum Gasteiger partial charge on any atom is -0.375 e. The number of ether oxygens (including phenoxy) is 1. The molecule has 1 saturated heterocycles. The largest absolute Gasteiger partial charge is 0.375 e. The Hall–Kier alpha value is -2.06. The van der Waals surface area contributed by atoms with Gasteiger partial charge in [-0.25, -0.2) is 9.97 Å². The first-order valence-electron chi connectivity index (χ1n) is 7.05. The molecule has 1 aliphatic heterocycles. The summed E-state index contributed by atoms with van der Waals surface area (Å²) in [6.45, 7) is 1.64. The Balaban J connectivity index is 1.56. The molecule has 2 aromatic rings. The van der Waals surface area contributed by atoms with Gasteiger partial charge in [0.2, 0.25) is 0 Å². The van der Waals surface area contributed by atoms with Crippen LogP contribution in [0.4, 0.5) is 0 Å². The van der Waals surface area contributed by atoms with Crippen molar-refractivity contribution in [3.63, 3.8) is 0 Å². The standard InChI is InChI=1S/C14H16N4O3S/c19-13-5-10(15-8-16-13)1-2-11-6-18(3-4-21-11)14(20)12-7-22-9-17-12/h5,7-9,11H,1-4,6H2,(H,15,16,19)/t11-/m0/s1. The van der Waals surface area contributed by atoms with E-state index >= 15 is 0 Å². The monoisotopic (exact) mass is 320 g/mol. The number of thiazole rings is 1. The summed E-state index contributed by atoms with van der Waals surface area (Å²) in [5, 5.41) is 1.76. The lowest BCUT2D eigenvalue weighted by Crippen LogP contribution is -2.45. The van der Waals surface area contributed by atoms with Crippen LogP contribution in [-0.2, 0) is 11.2 Å². The van der Waals surface area contributed by atoms with Crippen molar-refractivity contribution < 1.29 is 9.53 Å². The molecule has 116 valence electrons. The van der Waals surface area contributed by atoms with Crippen LogP contribution in [0.1, 0.15) is 22.6 Å². The molecule has 8 heteroatoms. The topological polar surface area (TPSA) is 88.2 Å². The van der Waals surface area contributed by atoms with Crippen LogP contribution in [-0.4, -0.2) is 51.6 Å². The zero-order valence-electron chi connectivity index (χ0n) is 11.9. The third-order valence-electron chi connectivity index (χ3n) is 3.53. The molecule has 0 radical (unpaired) electrons. The van der Waals surface area contributed by atoms with Crippen LogP contribution in [0, 0.1) is 0 Å². The highest BCUT2D eigenvalue weighted by atomic mass is 32.1. The maximum Gasteiger partial charge on any atom is 0.273 e. The van der Waals surface area contributed by atoms with E-state index < -0.39 is 0 Å². The van der Waals surface area contributed by atoms with Crippen molar-refractivity contribution in [2.45, 2.75) is 18.9 Å². The van der Waals surface area contributed by atoms with Crippen molar-refractivity contribution in [1.82, 2.24) is 19.9 Å². The minimum absolute atomic E-state index is 0.0441. The van der Waals surface area contributed by atoms with E-state index in [4.69, 9.17) is 4.74 Å². The lowest BCUT2D eigenvalue weighted by Gasteiger charge is -2.32. The molecular weight excluding hydrogens is 304 g/mol. The van der Waals surface area contributed by atoms with Crippen molar-refractivity contribution in [2.75, 3.05) is 19.7 Å². The third-order valence-corrected chi connectivity index (χ3v) is 4.12. The van der Waals surface area contributed by atoms with E-state index in [0.717, 1.165) is 12.1 Å². The number of aromatic amines is 1. The molecule has 3 rings (SSSR count). The lowest BCUT2D eigenvalue weighted by atomic mass is 10.1. The first-order chi connectivity index (χ1) is 10.7. The number of carbonyl (C=O) groups is 1. The molecular formula is C14H16N4O3S. The smallest absolute Gasteiger partial charge is 0.273 e. The predicted molar refractivity (Wildman–Crippen MR) is 80.9 cm³/mol. The summed E-state index contributed by atoms with van der Waals surface area (Å²) >= 11 is 1.41. The average Bonchev–Trinajstić information content (AvgIpc) is 3.07. The van der Waals surface area contributed by atoms with E-state index in [-0.39, 0.29) is 17.6 Å². The highest BCUT2D eigenvalue weighted by molar-refractivity contribution is 7.07. The van der Waals surface area contributed by atoms with E-state index in [1.54, 1.807) is 15.8 Å². The Labute approximate surface area is 131 Å². The van der Waals surface area contributed by atoms with Crippen LogP contribution in [0.15, 0.2) is 28.1 Å². The van der Waals surface area contributed by atoms with Crippen LogP contribution in [0.2, 0.25) is 0 Å². The number of rotatable bonds is 4. The van der Waals surface area contributed by atoms with Crippen molar-refractivity contribution in [3.8, 4) is 0 Å². The third kappa shape index (κ3) is 3.58. The number of aryl methyl sites for hydroxylation is 1. The van der Waals surface area contributed by atoms with Crippen LogP contribution in [0.5, 0.6) is 0 Å². The number of carbonyl (C=O) groups excluding carboxylic acids is 1. The van der Waals surface area contributed by atoms with Crippen molar-refractivity contribution in [3.05, 3.63) is 45.0 Å². The summed E-state index contributed by atoms with van der Waals surface area (Å²) in [5.41, 5.74) is 2.72. The van der Waals surface area contributed by atoms with Crippen LogP contribution in [0.3, 0.4) is 0 Å². The molecule has 1 atom stereocenters. The molecule has 0 aliphatic carbocycles. The normalized spacial score (nSPS) is 18.4. The van der Waals surface area contributed by atoms with Gasteiger partial charge in [-0.1, -0.05) is 0 Å². The summed E-state index contributed by atoms with van der Waals surface area (Å²) < 4.78 is 5.70. The number of nitrogens with zero attached hydrogens (tertiary/aromatic N) is 3. The van der Waals surface area contributed by atoms with Gasteiger partial charge in [-0.2, -0.15) is 0 Å². The van der Waals surface area contributed by atoms with Crippen LogP contribution in [0.25, 0.3) is 0 Å². The zero-order chi connectivity index (χ0) is 15.4. The SMILES string of the molecule is O=C(c1cscn1)N1CCO[C@@H](CCc2cc(=O)[nH]cn2)C1. The number of hydrogen-bond acceptors (Lipinski definition) is 6. The lowest BCUT2D eigenvalue weighted by molar-refractivity contribution is -0.0248. The van der Waals surface area contributed by atoms with E-state index in [2.05, 4.69) is 15.0 Å². The molecule has 2 aromatic heterocycles. The summed E-state index contributed by atoms with van der Waals surface area (Å²) in [4.78, 5) is 35.9. The van der Waals surface area contributed by atoms with E-state index in [0.29, 0.717) is 31.8 Å². The van der Waals surface area contributed by atoms with Crippen molar-refractivity contribution in [1.29, 1.82) is 0 Å². The van der Waals surface area contributed by atoms with E-state index in [9.17, 15) is 9.59 Å². The summed E-state index contributed by atoms with van der Waals surface area (Å²) in [6.07, 6.45) is 2.72. The Bertz CT molecular complexity index is 685. The number of H-pyrrole nitrogens is 1. The van der Waals surface area contributed by atoms with Crippen molar-refractivity contribution in [2.24, 2.45) is 0 Å². The van der Waals surface area contributed by atoms with Crippen LogP contribution < -0.4 is 5.56 Å². The Morgan fingerprint density at radius 1 is 1.50 bits per heavy atom. The molecule has 0 aromatic carbocycles. The molecule has 7 nitrogen and oxygen atoms in total. The first kappa shape index (κ1) is 14.9. The van der Waals surface area contributed by atoms with Gasteiger partial charge in [0.05, 0.1) is 24.5 Å². The summed E-state index contributed by atoms with van der Waals surface area (Å²) in [7, 11) is 0. The quantitative estimate of drug-likeness (QED) is 0.896. The number of aromatic nitrogens is 3. The second-order valence-electron chi connectivity index (χ2n) is 5.06. The second-order valence-corrected chi connectivity index (χ2v) is 5.78. The maximum absolute atomic E-state index is 12.3. The minimum atomic E-state index is -0.158. The molecule has 0 spiro atoms. The van der Waals surface area contributed by atoms with Gasteiger partial charge < -0.3 is 14.6 Å². The van der Waals surface area contributed by atoms with Gasteiger partial charge in [0.25, 0.3) is 11.5 Å². The molecule has 22 heavy (non-hydrogen) atoms. The molecule has 0 unspecified atom stereocenters. The highest BCUT2D eigenvalue weighted by Gasteiger charge is 2.25.